The zero-order valence-electron chi connectivity index (χ0n) is 16.5. The van der Waals surface area contributed by atoms with E-state index in [-0.39, 0.29) is 18.6 Å². The first-order valence-corrected chi connectivity index (χ1v) is 9.35. The minimum absolute atomic E-state index is 0.157. The second-order valence-corrected chi connectivity index (χ2v) is 8.39. The maximum absolute atomic E-state index is 13.0. The zero-order valence-corrected chi connectivity index (χ0v) is 16.5. The second-order valence-electron chi connectivity index (χ2n) is 8.39. The molecule has 0 spiro atoms. The highest BCUT2D eigenvalue weighted by Gasteiger charge is 2.61. The standard InChI is InChI=1S/C19H29NO7/c1-10(8-21)6-14-19(5)15(26-17(23)20-14)11(2)13(25-16(19)22)7-12-9-24-18(3,4)27-12/h6,11-15,21H,7-9H2,1-5H3,(H,20,23)/b10-6+/t11-,12+,13-,14-,15+,19+/m1/s1. The molecule has 0 aromatic rings. The number of rotatable bonds is 4. The number of aliphatic hydroxyl groups excluding tert-OH is 1. The summed E-state index contributed by atoms with van der Waals surface area (Å²) in [6, 6.07) is -0.614. The Morgan fingerprint density at radius 3 is 2.59 bits per heavy atom. The predicted octanol–water partition coefficient (Wildman–Crippen LogP) is 1.51. The highest BCUT2D eigenvalue weighted by atomic mass is 16.7. The Hall–Kier alpha value is -1.64. The summed E-state index contributed by atoms with van der Waals surface area (Å²) in [5, 5.41) is 12.0. The van der Waals surface area contributed by atoms with Crippen molar-refractivity contribution in [2.24, 2.45) is 11.3 Å². The number of hydrogen-bond donors (Lipinski definition) is 2. The van der Waals surface area contributed by atoms with Gasteiger partial charge in [-0.1, -0.05) is 18.6 Å². The molecule has 8 heteroatoms. The van der Waals surface area contributed by atoms with E-state index in [1.165, 1.54) is 0 Å². The normalized spacial score (nSPS) is 41.4. The lowest BCUT2D eigenvalue weighted by molar-refractivity contribution is -0.205. The fourth-order valence-corrected chi connectivity index (χ4v) is 4.14. The van der Waals surface area contributed by atoms with E-state index in [1.54, 1.807) is 19.9 Å². The van der Waals surface area contributed by atoms with Crippen LogP contribution in [0.25, 0.3) is 0 Å². The highest BCUT2D eigenvalue weighted by Crippen LogP contribution is 2.45. The van der Waals surface area contributed by atoms with Gasteiger partial charge in [-0.25, -0.2) is 4.79 Å². The Labute approximate surface area is 159 Å². The van der Waals surface area contributed by atoms with E-state index < -0.39 is 41.5 Å². The van der Waals surface area contributed by atoms with Crippen LogP contribution in [0.15, 0.2) is 11.6 Å². The Bertz CT molecular complexity index is 646. The lowest BCUT2D eigenvalue weighted by Gasteiger charge is -2.51. The van der Waals surface area contributed by atoms with Crippen LogP contribution in [0.3, 0.4) is 0 Å². The third-order valence-electron chi connectivity index (χ3n) is 5.77. The summed E-state index contributed by atoms with van der Waals surface area (Å²) in [4.78, 5) is 25.1. The summed E-state index contributed by atoms with van der Waals surface area (Å²) >= 11 is 0. The molecule has 0 aromatic heterocycles. The molecule has 3 aliphatic rings. The van der Waals surface area contributed by atoms with Crippen LogP contribution in [0.4, 0.5) is 4.79 Å². The first-order chi connectivity index (χ1) is 12.6. The van der Waals surface area contributed by atoms with Gasteiger partial charge in [-0.2, -0.15) is 0 Å². The fraction of sp³-hybridized carbons (Fsp3) is 0.789. The molecule has 3 rings (SSSR count). The molecule has 6 atom stereocenters. The molecule has 3 fully saturated rings. The maximum Gasteiger partial charge on any atom is 0.407 e. The summed E-state index contributed by atoms with van der Waals surface area (Å²) < 4.78 is 22.7. The molecule has 0 saturated carbocycles. The molecule has 152 valence electrons. The van der Waals surface area contributed by atoms with E-state index in [4.69, 9.17) is 18.9 Å². The number of esters is 1. The van der Waals surface area contributed by atoms with Gasteiger partial charge in [-0.15, -0.1) is 0 Å². The number of alkyl carbamates (subject to hydrolysis) is 1. The number of fused-ring (bicyclic) bond motifs is 1. The SMILES string of the molecule is C/C(=C\[C@H]1NC(=O)O[C@H]2[C@H](C)[C@@H](C[C@H]3COC(C)(C)O3)OC(=O)[C@@]12C)CO. The Morgan fingerprint density at radius 2 is 2.00 bits per heavy atom. The molecule has 0 aliphatic carbocycles. The lowest BCUT2D eigenvalue weighted by Crippen LogP contribution is -2.68. The van der Waals surface area contributed by atoms with Crippen molar-refractivity contribution >= 4 is 12.1 Å². The van der Waals surface area contributed by atoms with E-state index in [9.17, 15) is 14.7 Å². The molecule has 27 heavy (non-hydrogen) atoms. The molecular weight excluding hydrogens is 354 g/mol. The van der Waals surface area contributed by atoms with Gasteiger partial charge in [0.25, 0.3) is 0 Å². The van der Waals surface area contributed by atoms with Gasteiger partial charge in [0.2, 0.25) is 0 Å². The molecule has 8 nitrogen and oxygen atoms in total. The minimum atomic E-state index is -1.08. The van der Waals surface area contributed by atoms with Gasteiger partial charge in [0.05, 0.1) is 25.4 Å². The molecule has 3 saturated heterocycles. The molecule has 3 heterocycles. The zero-order chi connectivity index (χ0) is 20.0. The first-order valence-electron chi connectivity index (χ1n) is 9.35. The number of hydrogen-bond acceptors (Lipinski definition) is 7. The van der Waals surface area contributed by atoms with Gasteiger partial charge in [-0.05, 0) is 27.7 Å². The first kappa shape index (κ1) is 20.1. The Kier molecular flexibility index (Phi) is 5.26. The molecule has 3 aliphatic heterocycles. The number of nitrogens with one attached hydrogen (secondary N) is 1. The number of cyclic esters (lactones) is 1. The third-order valence-corrected chi connectivity index (χ3v) is 5.77. The van der Waals surface area contributed by atoms with Gasteiger partial charge >= 0.3 is 12.1 Å². The lowest BCUT2D eigenvalue weighted by atomic mass is 9.68. The van der Waals surface area contributed by atoms with E-state index in [2.05, 4.69) is 5.32 Å². The summed E-state index contributed by atoms with van der Waals surface area (Å²) in [6.07, 6.45) is 0.330. The Morgan fingerprint density at radius 1 is 1.30 bits per heavy atom. The van der Waals surface area contributed by atoms with Crippen molar-refractivity contribution in [1.29, 1.82) is 0 Å². The topological polar surface area (TPSA) is 103 Å². The number of ether oxygens (including phenoxy) is 4. The number of aliphatic hydroxyl groups is 1. The van der Waals surface area contributed by atoms with Crippen molar-refractivity contribution in [3.8, 4) is 0 Å². The summed E-state index contributed by atoms with van der Waals surface area (Å²) in [5.74, 6) is -1.29. The molecule has 0 bridgehead atoms. The van der Waals surface area contributed by atoms with Crippen molar-refractivity contribution in [3.63, 3.8) is 0 Å². The fourth-order valence-electron chi connectivity index (χ4n) is 4.14. The number of carbonyl (C=O) groups is 2. The van der Waals surface area contributed by atoms with Crippen LogP contribution in [-0.2, 0) is 23.7 Å². The smallest absolute Gasteiger partial charge is 0.407 e. The van der Waals surface area contributed by atoms with E-state index >= 15 is 0 Å². The van der Waals surface area contributed by atoms with Crippen LogP contribution < -0.4 is 5.32 Å². The van der Waals surface area contributed by atoms with Gasteiger partial charge in [0, 0.05) is 12.3 Å². The van der Waals surface area contributed by atoms with Crippen LogP contribution in [0.2, 0.25) is 0 Å². The van der Waals surface area contributed by atoms with Crippen molar-refractivity contribution in [1.82, 2.24) is 5.32 Å². The Balaban J connectivity index is 1.82. The summed E-state index contributed by atoms with van der Waals surface area (Å²) in [7, 11) is 0. The summed E-state index contributed by atoms with van der Waals surface area (Å²) in [5.41, 5.74) is -0.421. The maximum atomic E-state index is 13.0. The average Bonchev–Trinajstić information content (AvgIpc) is 2.93. The van der Waals surface area contributed by atoms with Crippen LogP contribution in [0, 0.1) is 11.3 Å². The van der Waals surface area contributed by atoms with E-state index in [0.29, 0.717) is 18.6 Å². The van der Waals surface area contributed by atoms with Crippen LogP contribution in [-0.4, -0.2) is 60.5 Å². The van der Waals surface area contributed by atoms with E-state index in [0.717, 1.165) is 0 Å². The van der Waals surface area contributed by atoms with Gasteiger partial charge in [0.15, 0.2) is 5.79 Å². The number of amides is 1. The average molecular weight is 383 g/mol. The quantitative estimate of drug-likeness (QED) is 0.560. The molecule has 2 N–H and O–H groups in total. The molecule has 0 radical (unpaired) electrons. The minimum Gasteiger partial charge on any atom is -0.461 e. The van der Waals surface area contributed by atoms with Crippen LogP contribution in [0.5, 0.6) is 0 Å². The van der Waals surface area contributed by atoms with Crippen LogP contribution in [0.1, 0.15) is 41.0 Å². The van der Waals surface area contributed by atoms with Crippen molar-refractivity contribution in [2.75, 3.05) is 13.2 Å². The third kappa shape index (κ3) is 3.70. The monoisotopic (exact) mass is 383 g/mol. The molecule has 0 unspecified atom stereocenters. The van der Waals surface area contributed by atoms with Crippen molar-refractivity contribution in [2.45, 2.75) is 71.2 Å². The molecule has 1 amide bonds. The predicted molar refractivity (Wildman–Crippen MR) is 94.7 cm³/mol. The number of carbonyl (C=O) groups excluding carboxylic acids is 2. The largest absolute Gasteiger partial charge is 0.461 e. The van der Waals surface area contributed by atoms with Gasteiger partial charge in [0.1, 0.15) is 17.6 Å². The van der Waals surface area contributed by atoms with Crippen molar-refractivity contribution < 1.29 is 33.6 Å². The van der Waals surface area contributed by atoms with E-state index in [1.807, 2.05) is 20.8 Å². The molecular formula is C19H29NO7. The molecule has 0 aromatic carbocycles. The summed E-state index contributed by atoms with van der Waals surface area (Å²) in [6.45, 7) is 9.34. The van der Waals surface area contributed by atoms with Gasteiger partial charge < -0.3 is 29.4 Å². The highest BCUT2D eigenvalue weighted by molar-refractivity contribution is 5.83. The van der Waals surface area contributed by atoms with Gasteiger partial charge in [-0.3, -0.25) is 4.79 Å². The van der Waals surface area contributed by atoms with Crippen LogP contribution >= 0.6 is 0 Å². The van der Waals surface area contributed by atoms with Crippen molar-refractivity contribution in [3.05, 3.63) is 11.6 Å². The second kappa shape index (κ2) is 7.07.